The Morgan fingerprint density at radius 1 is 1.67 bits per heavy atom. The molecule has 82 valence electrons. The van der Waals surface area contributed by atoms with Crippen molar-refractivity contribution >= 4 is 0 Å². The summed E-state index contributed by atoms with van der Waals surface area (Å²) < 4.78 is 18.7. The Balaban J connectivity index is 2.20. The molecule has 0 saturated carbocycles. The van der Waals surface area contributed by atoms with Crippen molar-refractivity contribution in [1.29, 1.82) is 0 Å². The zero-order valence-electron chi connectivity index (χ0n) is 8.56. The minimum absolute atomic E-state index is 0.257. The van der Waals surface area contributed by atoms with Crippen LogP contribution in [0.15, 0.2) is 18.5 Å². The standard InChI is InChI=1S/C11H14FNO2/c1-7-3-5-15-11(7)10(14)8-2-4-13-6-9(8)12/h2,4,6-7,10-11,14H,3,5H2,1H3. The van der Waals surface area contributed by atoms with Gasteiger partial charge >= 0.3 is 0 Å². The molecule has 3 nitrogen and oxygen atoms in total. The maximum atomic E-state index is 13.3. The Kier molecular flexibility index (Phi) is 2.98. The van der Waals surface area contributed by atoms with Crippen LogP contribution in [0.1, 0.15) is 25.0 Å². The van der Waals surface area contributed by atoms with Gasteiger partial charge in [0.2, 0.25) is 0 Å². The van der Waals surface area contributed by atoms with Gasteiger partial charge in [0.15, 0.2) is 0 Å². The van der Waals surface area contributed by atoms with E-state index in [1.54, 1.807) is 0 Å². The van der Waals surface area contributed by atoms with Crippen LogP contribution < -0.4 is 0 Å². The van der Waals surface area contributed by atoms with Crippen LogP contribution in [0.2, 0.25) is 0 Å². The molecule has 1 aliphatic heterocycles. The topological polar surface area (TPSA) is 42.4 Å². The minimum atomic E-state index is -0.898. The molecule has 0 radical (unpaired) electrons. The van der Waals surface area contributed by atoms with Crippen molar-refractivity contribution in [3.05, 3.63) is 29.8 Å². The monoisotopic (exact) mass is 211 g/mol. The Bertz CT molecular complexity index is 345. The average Bonchev–Trinajstić information content (AvgIpc) is 2.64. The molecule has 1 aliphatic rings. The van der Waals surface area contributed by atoms with E-state index in [-0.39, 0.29) is 17.6 Å². The quantitative estimate of drug-likeness (QED) is 0.809. The highest BCUT2D eigenvalue weighted by atomic mass is 19.1. The van der Waals surface area contributed by atoms with E-state index in [2.05, 4.69) is 4.98 Å². The van der Waals surface area contributed by atoms with E-state index in [4.69, 9.17) is 4.74 Å². The lowest BCUT2D eigenvalue weighted by molar-refractivity contribution is -0.0194. The van der Waals surface area contributed by atoms with Crippen molar-refractivity contribution < 1.29 is 14.2 Å². The van der Waals surface area contributed by atoms with Crippen molar-refractivity contribution in [2.75, 3.05) is 6.61 Å². The molecule has 0 aromatic carbocycles. The number of nitrogens with zero attached hydrogens (tertiary/aromatic N) is 1. The number of hydrogen-bond acceptors (Lipinski definition) is 3. The molecule has 1 saturated heterocycles. The average molecular weight is 211 g/mol. The van der Waals surface area contributed by atoms with Crippen molar-refractivity contribution in [3.63, 3.8) is 0 Å². The number of rotatable bonds is 2. The van der Waals surface area contributed by atoms with Crippen LogP contribution in [0.5, 0.6) is 0 Å². The van der Waals surface area contributed by atoms with Gasteiger partial charge in [-0.1, -0.05) is 6.92 Å². The highest BCUT2D eigenvalue weighted by molar-refractivity contribution is 5.17. The summed E-state index contributed by atoms with van der Waals surface area (Å²) in [4.78, 5) is 3.65. The second-order valence-electron chi connectivity index (χ2n) is 3.94. The number of ether oxygens (including phenoxy) is 1. The van der Waals surface area contributed by atoms with Crippen molar-refractivity contribution in [3.8, 4) is 0 Å². The van der Waals surface area contributed by atoms with Crippen LogP contribution in [0.4, 0.5) is 4.39 Å². The third-order valence-corrected chi connectivity index (χ3v) is 2.88. The van der Waals surface area contributed by atoms with Gasteiger partial charge in [-0.25, -0.2) is 4.39 Å². The molecule has 1 fully saturated rings. The predicted octanol–water partition coefficient (Wildman–Crippen LogP) is 1.68. The first-order valence-corrected chi connectivity index (χ1v) is 5.09. The summed E-state index contributed by atoms with van der Waals surface area (Å²) >= 11 is 0. The minimum Gasteiger partial charge on any atom is -0.386 e. The normalized spacial score (nSPS) is 27.9. The molecule has 1 N–H and O–H groups in total. The summed E-state index contributed by atoms with van der Waals surface area (Å²) in [5, 5.41) is 9.98. The Morgan fingerprint density at radius 2 is 2.47 bits per heavy atom. The third-order valence-electron chi connectivity index (χ3n) is 2.88. The smallest absolute Gasteiger partial charge is 0.147 e. The van der Waals surface area contributed by atoms with Gasteiger partial charge in [-0.05, 0) is 18.4 Å². The van der Waals surface area contributed by atoms with Crippen molar-refractivity contribution in [2.45, 2.75) is 25.6 Å². The molecular formula is C11H14FNO2. The number of aliphatic hydroxyl groups is 1. The van der Waals surface area contributed by atoms with Crippen LogP contribution in [0, 0.1) is 11.7 Å². The van der Waals surface area contributed by atoms with Crippen molar-refractivity contribution in [1.82, 2.24) is 4.98 Å². The van der Waals surface area contributed by atoms with Gasteiger partial charge in [-0.15, -0.1) is 0 Å². The lowest BCUT2D eigenvalue weighted by atomic mass is 9.95. The molecule has 3 unspecified atom stereocenters. The fourth-order valence-corrected chi connectivity index (χ4v) is 1.92. The molecule has 0 amide bonds. The van der Waals surface area contributed by atoms with Crippen LogP contribution in [-0.2, 0) is 4.74 Å². The van der Waals surface area contributed by atoms with Crippen LogP contribution in [0.25, 0.3) is 0 Å². The van der Waals surface area contributed by atoms with E-state index >= 15 is 0 Å². The van der Waals surface area contributed by atoms with E-state index in [1.807, 2.05) is 6.92 Å². The molecule has 2 rings (SSSR count). The first-order chi connectivity index (χ1) is 7.20. The molecule has 1 aromatic rings. The molecule has 4 heteroatoms. The van der Waals surface area contributed by atoms with Gasteiger partial charge in [-0.3, -0.25) is 4.98 Å². The first kappa shape index (κ1) is 10.5. The summed E-state index contributed by atoms with van der Waals surface area (Å²) in [6.45, 7) is 2.63. The number of pyridine rings is 1. The van der Waals surface area contributed by atoms with Gasteiger partial charge in [0.25, 0.3) is 0 Å². The highest BCUT2D eigenvalue weighted by Crippen LogP contribution is 2.31. The molecule has 0 bridgehead atoms. The zero-order valence-corrected chi connectivity index (χ0v) is 8.56. The Labute approximate surface area is 87.9 Å². The fraction of sp³-hybridized carbons (Fsp3) is 0.545. The lowest BCUT2D eigenvalue weighted by Crippen LogP contribution is -2.23. The van der Waals surface area contributed by atoms with Crippen molar-refractivity contribution in [2.24, 2.45) is 5.92 Å². The maximum Gasteiger partial charge on any atom is 0.147 e. The van der Waals surface area contributed by atoms with Gasteiger partial charge in [0.1, 0.15) is 11.9 Å². The molecule has 3 atom stereocenters. The summed E-state index contributed by atoms with van der Waals surface area (Å²) in [6.07, 6.45) is 2.29. The van der Waals surface area contributed by atoms with Crippen LogP contribution in [0.3, 0.4) is 0 Å². The van der Waals surface area contributed by atoms with Gasteiger partial charge in [0.05, 0.1) is 12.3 Å². The molecular weight excluding hydrogens is 197 g/mol. The largest absolute Gasteiger partial charge is 0.386 e. The highest BCUT2D eigenvalue weighted by Gasteiger charge is 2.33. The summed E-state index contributed by atoms with van der Waals surface area (Å²) in [5.41, 5.74) is 0.267. The van der Waals surface area contributed by atoms with E-state index in [0.717, 1.165) is 12.6 Å². The van der Waals surface area contributed by atoms with Gasteiger partial charge < -0.3 is 9.84 Å². The molecule has 1 aromatic heterocycles. The molecule has 15 heavy (non-hydrogen) atoms. The maximum absolute atomic E-state index is 13.3. The molecule has 0 spiro atoms. The van der Waals surface area contributed by atoms with Crippen LogP contribution in [-0.4, -0.2) is 22.8 Å². The summed E-state index contributed by atoms with van der Waals surface area (Å²) in [7, 11) is 0. The summed E-state index contributed by atoms with van der Waals surface area (Å²) in [6, 6.07) is 1.49. The fourth-order valence-electron chi connectivity index (χ4n) is 1.92. The first-order valence-electron chi connectivity index (χ1n) is 5.09. The van der Waals surface area contributed by atoms with Gasteiger partial charge in [0, 0.05) is 18.4 Å². The van der Waals surface area contributed by atoms with E-state index in [1.165, 1.54) is 12.3 Å². The molecule has 2 heterocycles. The number of aromatic nitrogens is 1. The van der Waals surface area contributed by atoms with Gasteiger partial charge in [-0.2, -0.15) is 0 Å². The van der Waals surface area contributed by atoms with E-state index in [0.29, 0.717) is 6.61 Å². The summed E-state index contributed by atoms with van der Waals surface area (Å²) in [5.74, 6) is -0.222. The van der Waals surface area contributed by atoms with Crippen LogP contribution >= 0.6 is 0 Å². The van der Waals surface area contributed by atoms with E-state index in [9.17, 15) is 9.50 Å². The number of aliphatic hydroxyl groups excluding tert-OH is 1. The Hall–Kier alpha value is -1.00. The predicted molar refractivity (Wildman–Crippen MR) is 52.7 cm³/mol. The third kappa shape index (κ3) is 2.01. The lowest BCUT2D eigenvalue weighted by Gasteiger charge is -2.21. The molecule has 0 aliphatic carbocycles. The second-order valence-corrected chi connectivity index (χ2v) is 3.94. The number of hydrogen-bond donors (Lipinski definition) is 1. The zero-order chi connectivity index (χ0) is 10.8. The Morgan fingerprint density at radius 3 is 3.07 bits per heavy atom. The SMILES string of the molecule is CC1CCOC1C(O)c1ccncc1F. The number of halogens is 1. The second kappa shape index (κ2) is 4.24. The van der Waals surface area contributed by atoms with E-state index < -0.39 is 11.9 Å².